The van der Waals surface area contributed by atoms with Crippen molar-refractivity contribution in [1.82, 2.24) is 35.4 Å². The van der Waals surface area contributed by atoms with Gasteiger partial charge in [-0.1, -0.05) is 25.0 Å². The van der Waals surface area contributed by atoms with Crippen molar-refractivity contribution in [3.05, 3.63) is 59.7 Å². The molecule has 236 valence electrons. The second-order valence-electron chi connectivity index (χ2n) is 9.83. The van der Waals surface area contributed by atoms with Crippen LogP contribution in [-0.2, 0) is 4.74 Å². The molecule has 0 saturated carbocycles. The summed E-state index contributed by atoms with van der Waals surface area (Å²) in [5.41, 5.74) is 7.67. The van der Waals surface area contributed by atoms with Gasteiger partial charge in [0, 0.05) is 49.9 Å². The number of anilines is 1. The van der Waals surface area contributed by atoms with Crippen LogP contribution in [0.1, 0.15) is 42.6 Å². The second-order valence-corrected chi connectivity index (χ2v) is 9.83. The Labute approximate surface area is 253 Å². The van der Waals surface area contributed by atoms with Crippen LogP contribution in [0, 0.1) is 12.3 Å². The SMILES string of the molecule is C#CC=C(/C=C\C(C)c1c(C(=O)NCCN2CCOCC2)cn2ncnc(N)c12)NC(=O)NC(/C=C\C)=NC(C)C(F)(F)F. The van der Waals surface area contributed by atoms with Crippen LogP contribution in [0.25, 0.3) is 5.52 Å². The highest BCUT2D eigenvalue weighted by atomic mass is 19.4. The maximum atomic E-state index is 13.3. The van der Waals surface area contributed by atoms with E-state index in [1.807, 2.05) is 6.92 Å². The zero-order chi connectivity index (χ0) is 32.3. The molecule has 5 N–H and O–H groups in total. The van der Waals surface area contributed by atoms with Gasteiger partial charge in [0.25, 0.3) is 5.91 Å². The first-order valence-corrected chi connectivity index (χ1v) is 13.8. The van der Waals surface area contributed by atoms with Gasteiger partial charge in [-0.25, -0.2) is 14.3 Å². The van der Waals surface area contributed by atoms with E-state index in [-0.39, 0.29) is 23.3 Å². The molecule has 0 aliphatic carbocycles. The maximum absolute atomic E-state index is 13.3. The quantitative estimate of drug-likeness (QED) is 0.139. The third kappa shape index (κ3) is 9.41. The van der Waals surface area contributed by atoms with Crippen molar-refractivity contribution in [1.29, 1.82) is 0 Å². The highest BCUT2D eigenvalue weighted by Gasteiger charge is 2.36. The van der Waals surface area contributed by atoms with Crippen molar-refractivity contribution < 1.29 is 27.5 Å². The summed E-state index contributed by atoms with van der Waals surface area (Å²) in [6.07, 6.45) is 10.9. The topological polar surface area (TPSA) is 151 Å². The third-order valence-corrected chi connectivity index (χ3v) is 6.59. The molecule has 3 heterocycles. The number of rotatable bonds is 10. The minimum atomic E-state index is -4.57. The Morgan fingerprint density at radius 1 is 1.25 bits per heavy atom. The minimum Gasteiger partial charge on any atom is -0.382 e. The molecule has 2 aromatic heterocycles. The van der Waals surface area contributed by atoms with Gasteiger partial charge in [0.1, 0.15) is 23.7 Å². The first kappa shape index (κ1) is 33.8. The standard InChI is InChI=1S/C29H36F3N9O3/c1-5-7-21(38-28(43)39-23(8-6-2)37-20(4)29(30,31)32)10-9-19(3)24-22(17-41-25(24)26(33)35-18-36-41)27(42)34-11-12-40-13-15-44-16-14-40/h1,6-10,17-20H,11-16H2,2-4H3,(H,34,42)(H2,33,35,36)(H2,37,38,39,43)/b8-6-,10-9-,21-7?. The van der Waals surface area contributed by atoms with Gasteiger partial charge in [0.2, 0.25) is 0 Å². The number of amidine groups is 1. The second kappa shape index (κ2) is 15.7. The molecule has 3 amide bonds. The Morgan fingerprint density at radius 2 is 1.98 bits per heavy atom. The van der Waals surface area contributed by atoms with Gasteiger partial charge in [-0.2, -0.15) is 18.3 Å². The predicted octanol–water partition coefficient (Wildman–Crippen LogP) is 2.77. The number of carbonyl (C=O) groups is 2. The molecular weight excluding hydrogens is 579 g/mol. The van der Waals surface area contributed by atoms with E-state index in [1.54, 1.807) is 19.2 Å². The number of fused-ring (bicyclic) bond motifs is 1. The third-order valence-electron chi connectivity index (χ3n) is 6.59. The monoisotopic (exact) mass is 615 g/mol. The average molecular weight is 616 g/mol. The number of morpholine rings is 1. The van der Waals surface area contributed by atoms with Gasteiger partial charge in [-0.3, -0.25) is 20.0 Å². The number of nitrogens with two attached hydrogens (primary N) is 1. The van der Waals surface area contributed by atoms with Crippen molar-refractivity contribution >= 4 is 29.1 Å². The molecule has 2 atom stereocenters. The Hall–Kier alpha value is -4.68. The van der Waals surface area contributed by atoms with Crippen LogP contribution in [0.4, 0.5) is 23.8 Å². The fraction of sp³-hybridized carbons (Fsp3) is 0.414. The number of alkyl halides is 3. The Balaban J connectivity index is 1.79. The van der Waals surface area contributed by atoms with E-state index in [1.165, 1.54) is 35.1 Å². The summed E-state index contributed by atoms with van der Waals surface area (Å²) in [6, 6.07) is -2.89. The molecule has 3 rings (SSSR count). The molecule has 12 nitrogen and oxygen atoms in total. The van der Waals surface area contributed by atoms with Crippen molar-refractivity contribution in [2.75, 3.05) is 45.1 Å². The number of urea groups is 1. The van der Waals surface area contributed by atoms with Crippen molar-refractivity contribution in [3.8, 4) is 12.3 Å². The molecule has 15 heteroatoms. The normalized spacial score (nSPS) is 16.7. The number of aliphatic imine (C=N–C) groups is 1. The summed E-state index contributed by atoms with van der Waals surface area (Å²) in [4.78, 5) is 35.7. The number of nitrogen functional groups attached to an aromatic ring is 1. The van der Waals surface area contributed by atoms with Gasteiger partial charge in [0.05, 0.1) is 24.5 Å². The number of carbonyl (C=O) groups excluding carboxylic acids is 2. The molecule has 2 unspecified atom stereocenters. The van der Waals surface area contributed by atoms with E-state index in [4.69, 9.17) is 16.9 Å². The lowest BCUT2D eigenvalue weighted by atomic mass is 9.96. The molecule has 0 bridgehead atoms. The molecule has 44 heavy (non-hydrogen) atoms. The number of halogens is 3. The first-order chi connectivity index (χ1) is 20.9. The molecule has 1 saturated heterocycles. The zero-order valence-electron chi connectivity index (χ0n) is 24.7. The maximum Gasteiger partial charge on any atom is 0.410 e. The van der Waals surface area contributed by atoms with E-state index in [2.05, 4.69) is 41.8 Å². The summed E-state index contributed by atoms with van der Waals surface area (Å²) in [5.74, 6) is 1.42. The lowest BCUT2D eigenvalue weighted by Gasteiger charge is -2.26. The summed E-state index contributed by atoms with van der Waals surface area (Å²) in [7, 11) is 0. The smallest absolute Gasteiger partial charge is 0.382 e. The van der Waals surface area contributed by atoms with Crippen molar-refractivity contribution in [3.63, 3.8) is 0 Å². The molecule has 0 spiro atoms. The largest absolute Gasteiger partial charge is 0.410 e. The predicted molar refractivity (Wildman–Crippen MR) is 161 cm³/mol. The van der Waals surface area contributed by atoms with Gasteiger partial charge < -0.3 is 21.1 Å². The molecular formula is C29H36F3N9O3. The lowest BCUT2D eigenvalue weighted by molar-refractivity contribution is -0.142. The number of amides is 3. The van der Waals surface area contributed by atoms with Crippen molar-refractivity contribution in [2.45, 2.75) is 38.9 Å². The summed E-state index contributed by atoms with van der Waals surface area (Å²) in [6.45, 7) is 8.23. The van der Waals surface area contributed by atoms with Crippen LogP contribution in [0.5, 0.6) is 0 Å². The van der Waals surface area contributed by atoms with Gasteiger partial charge in [-0.15, -0.1) is 6.42 Å². The van der Waals surface area contributed by atoms with Gasteiger partial charge in [0.15, 0.2) is 5.82 Å². The molecule has 1 aliphatic rings. The summed E-state index contributed by atoms with van der Waals surface area (Å²) < 4.78 is 45.8. The lowest BCUT2D eigenvalue weighted by Crippen LogP contribution is -2.41. The fourth-order valence-electron chi connectivity index (χ4n) is 4.34. The van der Waals surface area contributed by atoms with Crippen LogP contribution >= 0.6 is 0 Å². The van der Waals surface area contributed by atoms with Crippen LogP contribution in [0.15, 0.2) is 53.6 Å². The Morgan fingerprint density at radius 3 is 2.64 bits per heavy atom. The number of aromatic nitrogens is 3. The van der Waals surface area contributed by atoms with E-state index < -0.39 is 24.2 Å². The van der Waals surface area contributed by atoms with Crippen LogP contribution in [-0.4, -0.2) is 88.9 Å². The van der Waals surface area contributed by atoms with Gasteiger partial charge >= 0.3 is 12.2 Å². The number of hydrogen-bond acceptors (Lipinski definition) is 8. The molecule has 0 aromatic carbocycles. The summed E-state index contributed by atoms with van der Waals surface area (Å²) >= 11 is 0. The Kier molecular flexibility index (Phi) is 12.1. The highest BCUT2D eigenvalue weighted by molar-refractivity contribution is 6.04. The van der Waals surface area contributed by atoms with E-state index in [0.29, 0.717) is 42.9 Å². The zero-order valence-corrected chi connectivity index (χ0v) is 24.7. The van der Waals surface area contributed by atoms with Crippen molar-refractivity contribution in [2.24, 2.45) is 4.99 Å². The van der Waals surface area contributed by atoms with Crippen LogP contribution < -0.4 is 21.7 Å². The molecule has 0 radical (unpaired) electrons. The number of ether oxygens (including phenoxy) is 1. The van der Waals surface area contributed by atoms with Crippen LogP contribution in [0.3, 0.4) is 0 Å². The number of nitrogens with zero attached hydrogens (tertiary/aromatic N) is 5. The molecule has 1 fully saturated rings. The highest BCUT2D eigenvalue weighted by Crippen LogP contribution is 2.30. The minimum absolute atomic E-state index is 0.157. The van der Waals surface area contributed by atoms with E-state index in [9.17, 15) is 22.8 Å². The molecule has 2 aromatic rings. The molecule has 1 aliphatic heterocycles. The number of terminal acetylenes is 1. The summed E-state index contributed by atoms with van der Waals surface area (Å²) in [5, 5.41) is 11.9. The number of hydrogen-bond donors (Lipinski definition) is 4. The van der Waals surface area contributed by atoms with E-state index in [0.717, 1.165) is 20.0 Å². The van der Waals surface area contributed by atoms with E-state index >= 15 is 0 Å². The first-order valence-electron chi connectivity index (χ1n) is 13.8. The average Bonchev–Trinajstić information content (AvgIpc) is 3.37. The fourth-order valence-corrected chi connectivity index (χ4v) is 4.34. The number of nitrogens with one attached hydrogen (secondary N) is 3. The Bertz CT molecular complexity index is 1480. The number of allylic oxidation sites excluding steroid dienone is 4. The van der Waals surface area contributed by atoms with Gasteiger partial charge in [-0.05, 0) is 26.0 Å². The van der Waals surface area contributed by atoms with Crippen LogP contribution in [0.2, 0.25) is 0 Å².